The molecule has 1 aromatic rings. The summed E-state index contributed by atoms with van der Waals surface area (Å²) in [6.07, 6.45) is 10.2. The van der Waals surface area contributed by atoms with Crippen molar-refractivity contribution >= 4 is 5.69 Å². The maximum absolute atomic E-state index is 3.61. The molecule has 0 saturated carbocycles. The molecule has 0 radical (unpaired) electrons. The lowest BCUT2D eigenvalue weighted by atomic mass is 9.77. The number of nitrogens with one attached hydrogen (secondary N) is 1. The molecule has 1 atom stereocenters. The van der Waals surface area contributed by atoms with Crippen LogP contribution in [0.15, 0.2) is 48.2 Å². The number of para-hydroxylation sites is 1. The van der Waals surface area contributed by atoms with Crippen molar-refractivity contribution in [1.82, 2.24) is 0 Å². The fourth-order valence-electron chi connectivity index (χ4n) is 2.65. The Hall–Kier alpha value is -1.50. The summed E-state index contributed by atoms with van der Waals surface area (Å²) in [6, 6.07) is 8.65. The highest BCUT2D eigenvalue weighted by molar-refractivity contribution is 5.58. The normalized spacial score (nSPS) is 27.2. The minimum Gasteiger partial charge on any atom is -0.358 e. The van der Waals surface area contributed by atoms with E-state index in [0.717, 1.165) is 6.42 Å². The number of hydrogen-bond acceptors (Lipinski definition) is 1. The first-order valence-corrected chi connectivity index (χ1v) is 6.00. The van der Waals surface area contributed by atoms with Gasteiger partial charge in [0.25, 0.3) is 0 Å². The van der Waals surface area contributed by atoms with E-state index in [9.17, 15) is 0 Å². The smallest absolute Gasteiger partial charge is 0.0414 e. The van der Waals surface area contributed by atoms with Gasteiger partial charge in [-0.15, -0.1) is 0 Å². The third-order valence-electron chi connectivity index (χ3n) is 3.85. The van der Waals surface area contributed by atoms with Gasteiger partial charge in [0.1, 0.15) is 0 Å². The van der Waals surface area contributed by atoms with Crippen molar-refractivity contribution in [2.75, 3.05) is 5.32 Å². The second kappa shape index (κ2) is 3.51. The van der Waals surface area contributed by atoms with Crippen LogP contribution in [0.4, 0.5) is 5.69 Å². The molecule has 82 valence electrons. The zero-order chi connectivity index (χ0) is 11.0. The molecule has 2 aliphatic rings. The first kappa shape index (κ1) is 9.71. The maximum atomic E-state index is 3.61. The number of hydrogen-bond donors (Lipinski definition) is 1. The molecule has 1 aromatic carbocycles. The minimum absolute atomic E-state index is 0.299. The molecule has 0 saturated heterocycles. The summed E-state index contributed by atoms with van der Waals surface area (Å²) in [6.45, 7) is 2.36. The highest BCUT2D eigenvalue weighted by Crippen LogP contribution is 2.42. The van der Waals surface area contributed by atoms with Gasteiger partial charge in [0, 0.05) is 16.8 Å². The molecule has 16 heavy (non-hydrogen) atoms. The first-order valence-electron chi connectivity index (χ1n) is 6.00. The third kappa shape index (κ3) is 1.47. The van der Waals surface area contributed by atoms with Crippen LogP contribution < -0.4 is 5.32 Å². The van der Waals surface area contributed by atoms with Crippen molar-refractivity contribution in [3.05, 3.63) is 53.8 Å². The molecule has 1 heteroatoms. The van der Waals surface area contributed by atoms with Gasteiger partial charge >= 0.3 is 0 Å². The van der Waals surface area contributed by atoms with Gasteiger partial charge in [0.05, 0.1) is 0 Å². The van der Waals surface area contributed by atoms with Crippen LogP contribution in [-0.4, -0.2) is 0 Å². The molecular formula is C15H17N. The van der Waals surface area contributed by atoms with Crippen LogP contribution >= 0.6 is 0 Å². The molecule has 0 spiro atoms. The van der Waals surface area contributed by atoms with Gasteiger partial charge in [0.2, 0.25) is 0 Å². The van der Waals surface area contributed by atoms with Gasteiger partial charge in [0.15, 0.2) is 0 Å². The molecule has 0 amide bonds. The number of fused-ring (bicyclic) bond motifs is 2. The quantitative estimate of drug-likeness (QED) is 0.686. The van der Waals surface area contributed by atoms with Gasteiger partial charge in [-0.2, -0.15) is 0 Å². The highest BCUT2D eigenvalue weighted by Gasteiger charge is 2.31. The molecule has 1 heterocycles. The van der Waals surface area contributed by atoms with E-state index in [-0.39, 0.29) is 0 Å². The Kier molecular flexibility index (Phi) is 2.13. The summed E-state index contributed by atoms with van der Waals surface area (Å²) in [5, 5.41) is 3.61. The molecule has 1 aliphatic heterocycles. The van der Waals surface area contributed by atoms with Crippen LogP contribution in [0, 0.1) is 5.41 Å². The van der Waals surface area contributed by atoms with E-state index in [1.165, 1.54) is 29.8 Å². The third-order valence-corrected chi connectivity index (χ3v) is 3.85. The Morgan fingerprint density at radius 1 is 1.25 bits per heavy atom. The fraction of sp³-hybridized carbons (Fsp3) is 0.333. The van der Waals surface area contributed by atoms with E-state index in [0.29, 0.717) is 5.41 Å². The predicted molar refractivity (Wildman–Crippen MR) is 68.3 cm³/mol. The fourth-order valence-corrected chi connectivity index (χ4v) is 2.65. The molecule has 0 aromatic heterocycles. The second-order valence-corrected chi connectivity index (χ2v) is 5.06. The lowest BCUT2D eigenvalue weighted by Crippen LogP contribution is -2.24. The largest absolute Gasteiger partial charge is 0.358 e. The zero-order valence-corrected chi connectivity index (χ0v) is 9.66. The lowest BCUT2D eigenvalue weighted by molar-refractivity contribution is 0.373. The molecular weight excluding hydrogens is 194 g/mol. The predicted octanol–water partition coefficient (Wildman–Crippen LogP) is 3.89. The van der Waals surface area contributed by atoms with Crippen LogP contribution in [0.5, 0.6) is 0 Å². The Bertz CT molecular complexity index is 470. The van der Waals surface area contributed by atoms with E-state index in [2.05, 4.69) is 54.7 Å². The van der Waals surface area contributed by atoms with E-state index in [1.807, 2.05) is 0 Å². The van der Waals surface area contributed by atoms with Gasteiger partial charge in [-0.05, 0) is 37.0 Å². The van der Waals surface area contributed by atoms with Gasteiger partial charge in [-0.3, -0.25) is 0 Å². The van der Waals surface area contributed by atoms with Crippen LogP contribution in [0.2, 0.25) is 0 Å². The molecule has 1 aliphatic carbocycles. The van der Waals surface area contributed by atoms with Crippen molar-refractivity contribution in [2.45, 2.75) is 26.2 Å². The van der Waals surface area contributed by atoms with Gasteiger partial charge in [-0.1, -0.05) is 37.3 Å². The molecule has 0 fully saturated rings. The average molecular weight is 211 g/mol. The van der Waals surface area contributed by atoms with Crippen molar-refractivity contribution in [3.63, 3.8) is 0 Å². The summed E-state index contributed by atoms with van der Waals surface area (Å²) < 4.78 is 0. The first-order chi connectivity index (χ1) is 7.78. The standard InChI is InChI=1S/C15H17N/c1-15-10-5-4-8-14(15)16-13-7-3-2-6-12(13)9-11-15/h2-8,16H,9-11H2,1H3. The van der Waals surface area contributed by atoms with Crippen molar-refractivity contribution in [1.29, 1.82) is 0 Å². The Morgan fingerprint density at radius 3 is 3.06 bits per heavy atom. The van der Waals surface area contributed by atoms with Gasteiger partial charge < -0.3 is 5.32 Å². The second-order valence-electron chi connectivity index (χ2n) is 5.06. The van der Waals surface area contributed by atoms with E-state index < -0.39 is 0 Å². The minimum atomic E-state index is 0.299. The van der Waals surface area contributed by atoms with Crippen LogP contribution in [0.3, 0.4) is 0 Å². The van der Waals surface area contributed by atoms with Crippen LogP contribution in [0.25, 0.3) is 0 Å². The molecule has 3 rings (SSSR count). The molecule has 1 N–H and O–H groups in total. The number of anilines is 1. The van der Waals surface area contributed by atoms with E-state index >= 15 is 0 Å². The summed E-state index contributed by atoms with van der Waals surface area (Å²) in [5.41, 5.74) is 4.40. The van der Waals surface area contributed by atoms with Crippen LogP contribution in [-0.2, 0) is 6.42 Å². The van der Waals surface area contributed by atoms with E-state index in [1.54, 1.807) is 0 Å². The summed E-state index contributed by atoms with van der Waals surface area (Å²) >= 11 is 0. The highest BCUT2D eigenvalue weighted by atomic mass is 14.9. The van der Waals surface area contributed by atoms with Crippen molar-refractivity contribution in [2.24, 2.45) is 5.41 Å². The zero-order valence-electron chi connectivity index (χ0n) is 9.66. The number of rotatable bonds is 0. The summed E-state index contributed by atoms with van der Waals surface area (Å²) in [4.78, 5) is 0. The van der Waals surface area contributed by atoms with E-state index in [4.69, 9.17) is 0 Å². The number of allylic oxidation sites excluding steroid dienone is 4. The maximum Gasteiger partial charge on any atom is 0.0414 e. The molecule has 0 bridgehead atoms. The Balaban J connectivity index is 2.04. The van der Waals surface area contributed by atoms with Crippen LogP contribution in [0.1, 0.15) is 25.3 Å². The lowest BCUT2D eigenvalue weighted by Gasteiger charge is -2.32. The number of benzene rings is 1. The topological polar surface area (TPSA) is 12.0 Å². The molecule has 1 nitrogen and oxygen atoms in total. The number of aryl methyl sites for hydroxylation is 1. The molecule has 1 unspecified atom stereocenters. The summed E-state index contributed by atoms with van der Waals surface area (Å²) in [7, 11) is 0. The summed E-state index contributed by atoms with van der Waals surface area (Å²) in [5.74, 6) is 0. The van der Waals surface area contributed by atoms with Gasteiger partial charge in [-0.25, -0.2) is 0 Å². The Labute approximate surface area is 96.9 Å². The Morgan fingerprint density at radius 2 is 2.12 bits per heavy atom. The monoisotopic (exact) mass is 211 g/mol. The SMILES string of the molecule is CC12CC=CC=C1Nc1ccccc1CC2. The van der Waals surface area contributed by atoms with Crippen molar-refractivity contribution in [3.8, 4) is 0 Å². The average Bonchev–Trinajstić information content (AvgIpc) is 2.45. The van der Waals surface area contributed by atoms with Crippen molar-refractivity contribution < 1.29 is 0 Å².